The molecule has 0 amide bonds. The number of nitrogens with one attached hydrogen (secondary N) is 1. The molecule has 0 aliphatic heterocycles. The highest BCUT2D eigenvalue weighted by molar-refractivity contribution is 8.13. The Kier molecular flexibility index (Phi) is 5.40. The Balaban J connectivity index is 3.06. The predicted molar refractivity (Wildman–Crippen MR) is 49.9 cm³/mol. The van der Waals surface area contributed by atoms with Crippen LogP contribution >= 0.6 is 11.8 Å². The van der Waals surface area contributed by atoms with Crippen LogP contribution in [0.5, 0.6) is 0 Å². The fraction of sp³-hybridized carbons (Fsp3) is 0.625. The van der Waals surface area contributed by atoms with E-state index in [9.17, 15) is 0 Å². The summed E-state index contributed by atoms with van der Waals surface area (Å²) in [7, 11) is 0. The number of hydrogen-bond acceptors (Lipinski definition) is 2. The molecule has 10 heavy (non-hydrogen) atoms. The van der Waals surface area contributed by atoms with Gasteiger partial charge < -0.3 is 0 Å². The molecule has 58 valence electrons. The molecule has 0 atom stereocenters. The molecule has 0 aliphatic rings. The van der Waals surface area contributed by atoms with Crippen molar-refractivity contribution in [3.8, 4) is 0 Å². The highest BCUT2D eigenvalue weighted by Crippen LogP contribution is 2.08. The third-order valence-corrected chi connectivity index (χ3v) is 1.99. The smallest absolute Gasteiger partial charge is 0.0610 e. The summed E-state index contributed by atoms with van der Waals surface area (Å²) in [6.45, 7) is 7.68. The van der Waals surface area contributed by atoms with Gasteiger partial charge in [-0.3, -0.25) is 5.41 Å². The summed E-state index contributed by atoms with van der Waals surface area (Å²) in [5, 5.41) is 7.83. The van der Waals surface area contributed by atoms with Crippen LogP contribution in [-0.2, 0) is 0 Å². The molecule has 0 fully saturated rings. The Hall–Kier alpha value is -0.240. The van der Waals surface area contributed by atoms with Crippen molar-refractivity contribution in [2.75, 3.05) is 5.75 Å². The number of hydrogen-bond donors (Lipinski definition) is 1. The van der Waals surface area contributed by atoms with E-state index in [1.165, 1.54) is 5.57 Å². The van der Waals surface area contributed by atoms with Crippen molar-refractivity contribution < 1.29 is 0 Å². The molecule has 1 nitrogen and oxygen atoms in total. The first-order chi connectivity index (χ1) is 4.63. The summed E-state index contributed by atoms with van der Waals surface area (Å²) >= 11 is 1.62. The summed E-state index contributed by atoms with van der Waals surface area (Å²) in [5.74, 6) is 1.06. The second-order valence-corrected chi connectivity index (χ2v) is 3.77. The Morgan fingerprint density at radius 1 is 1.50 bits per heavy atom. The van der Waals surface area contributed by atoms with Crippen LogP contribution in [0, 0.1) is 5.41 Å². The quantitative estimate of drug-likeness (QED) is 0.288. The van der Waals surface area contributed by atoms with Crippen LogP contribution in [0.2, 0.25) is 0 Å². The van der Waals surface area contributed by atoms with Crippen LogP contribution in [0.4, 0.5) is 0 Å². The topological polar surface area (TPSA) is 23.9 Å². The lowest BCUT2D eigenvalue weighted by Gasteiger charge is -1.97. The van der Waals surface area contributed by atoms with Crippen LogP contribution in [0.25, 0.3) is 0 Å². The number of rotatable bonds is 4. The molecule has 0 radical (unpaired) electrons. The zero-order valence-electron chi connectivity index (χ0n) is 6.74. The van der Waals surface area contributed by atoms with E-state index in [1.54, 1.807) is 11.8 Å². The SMILES string of the molecule is C=C(C)CCCSC(C)=N. The molecule has 0 aromatic rings. The normalized spacial score (nSPS) is 9.40. The minimum atomic E-state index is 0.710. The van der Waals surface area contributed by atoms with Gasteiger partial charge >= 0.3 is 0 Å². The Morgan fingerprint density at radius 2 is 2.10 bits per heavy atom. The zero-order chi connectivity index (χ0) is 7.98. The standard InChI is InChI=1S/C8H15NS/c1-7(2)5-4-6-10-8(3)9/h9H,1,4-6H2,2-3H3. The van der Waals surface area contributed by atoms with E-state index in [2.05, 4.69) is 6.58 Å². The molecular formula is C8H15NS. The Bertz CT molecular complexity index is 113. The van der Waals surface area contributed by atoms with Gasteiger partial charge in [-0.15, -0.1) is 18.3 Å². The van der Waals surface area contributed by atoms with Gasteiger partial charge in [0.15, 0.2) is 0 Å². The molecule has 0 rings (SSSR count). The van der Waals surface area contributed by atoms with Crippen LogP contribution in [-0.4, -0.2) is 10.8 Å². The predicted octanol–water partition coefficient (Wildman–Crippen LogP) is 3.07. The summed E-state index contributed by atoms with van der Waals surface area (Å²) in [5.41, 5.74) is 1.24. The molecule has 1 N–H and O–H groups in total. The molecule has 0 aromatic heterocycles. The van der Waals surface area contributed by atoms with Crippen molar-refractivity contribution in [1.29, 1.82) is 5.41 Å². The van der Waals surface area contributed by atoms with Gasteiger partial charge in [0, 0.05) is 0 Å². The maximum atomic E-state index is 7.12. The maximum absolute atomic E-state index is 7.12. The van der Waals surface area contributed by atoms with Crippen molar-refractivity contribution in [1.82, 2.24) is 0 Å². The number of allylic oxidation sites excluding steroid dienone is 1. The van der Waals surface area contributed by atoms with Gasteiger partial charge in [0.1, 0.15) is 0 Å². The Labute approximate surface area is 67.4 Å². The van der Waals surface area contributed by atoms with E-state index >= 15 is 0 Å². The van der Waals surface area contributed by atoms with Gasteiger partial charge in [-0.25, -0.2) is 0 Å². The third kappa shape index (κ3) is 7.76. The van der Waals surface area contributed by atoms with Gasteiger partial charge in [-0.05, 0) is 32.4 Å². The van der Waals surface area contributed by atoms with E-state index < -0.39 is 0 Å². The van der Waals surface area contributed by atoms with E-state index in [0.29, 0.717) is 5.04 Å². The van der Waals surface area contributed by atoms with Gasteiger partial charge in [0.05, 0.1) is 5.04 Å². The molecule has 0 unspecified atom stereocenters. The van der Waals surface area contributed by atoms with E-state index in [0.717, 1.165) is 18.6 Å². The first-order valence-corrected chi connectivity index (χ1v) is 4.44. The fourth-order valence-corrected chi connectivity index (χ4v) is 1.19. The summed E-state index contributed by atoms with van der Waals surface area (Å²) in [6, 6.07) is 0. The second-order valence-electron chi connectivity index (χ2n) is 2.47. The second kappa shape index (κ2) is 5.54. The van der Waals surface area contributed by atoms with E-state index in [4.69, 9.17) is 5.41 Å². The number of thioether (sulfide) groups is 1. The summed E-state index contributed by atoms with van der Waals surface area (Å²) in [4.78, 5) is 0. The van der Waals surface area contributed by atoms with Crippen molar-refractivity contribution in [2.45, 2.75) is 26.7 Å². The van der Waals surface area contributed by atoms with Crippen molar-refractivity contribution in [3.63, 3.8) is 0 Å². The van der Waals surface area contributed by atoms with Gasteiger partial charge in [0.2, 0.25) is 0 Å². The van der Waals surface area contributed by atoms with Gasteiger partial charge in [-0.2, -0.15) is 0 Å². The molecule has 0 saturated heterocycles. The molecule has 0 saturated carbocycles. The van der Waals surface area contributed by atoms with Crippen LogP contribution in [0.1, 0.15) is 26.7 Å². The molecule has 0 aromatic carbocycles. The minimum Gasteiger partial charge on any atom is -0.299 e. The van der Waals surface area contributed by atoms with Crippen LogP contribution in [0.15, 0.2) is 12.2 Å². The molecule has 0 spiro atoms. The van der Waals surface area contributed by atoms with Crippen molar-refractivity contribution >= 4 is 16.8 Å². The highest BCUT2D eigenvalue weighted by atomic mass is 32.2. The minimum absolute atomic E-state index is 0.710. The molecule has 2 heteroatoms. The summed E-state index contributed by atoms with van der Waals surface area (Å²) in [6.07, 6.45) is 2.25. The third-order valence-electron chi connectivity index (χ3n) is 1.07. The van der Waals surface area contributed by atoms with Gasteiger partial charge in [0.25, 0.3) is 0 Å². The molecular weight excluding hydrogens is 142 g/mol. The first-order valence-electron chi connectivity index (χ1n) is 3.45. The zero-order valence-corrected chi connectivity index (χ0v) is 7.55. The molecule has 0 aliphatic carbocycles. The Morgan fingerprint density at radius 3 is 2.50 bits per heavy atom. The van der Waals surface area contributed by atoms with Crippen molar-refractivity contribution in [2.24, 2.45) is 0 Å². The lowest BCUT2D eigenvalue weighted by atomic mass is 10.2. The largest absolute Gasteiger partial charge is 0.299 e. The summed E-state index contributed by atoms with van der Waals surface area (Å²) < 4.78 is 0. The first kappa shape index (κ1) is 9.76. The van der Waals surface area contributed by atoms with Crippen LogP contribution in [0.3, 0.4) is 0 Å². The lowest BCUT2D eigenvalue weighted by molar-refractivity contribution is 0.922. The van der Waals surface area contributed by atoms with Crippen LogP contribution < -0.4 is 0 Å². The average Bonchev–Trinajstić information content (AvgIpc) is 1.79. The molecule has 0 heterocycles. The van der Waals surface area contributed by atoms with Crippen molar-refractivity contribution in [3.05, 3.63) is 12.2 Å². The van der Waals surface area contributed by atoms with E-state index in [-0.39, 0.29) is 0 Å². The maximum Gasteiger partial charge on any atom is 0.0610 e. The highest BCUT2D eigenvalue weighted by Gasteiger charge is 1.90. The monoisotopic (exact) mass is 157 g/mol. The lowest BCUT2D eigenvalue weighted by Crippen LogP contribution is -1.85. The van der Waals surface area contributed by atoms with E-state index in [1.807, 2.05) is 13.8 Å². The fourth-order valence-electron chi connectivity index (χ4n) is 0.599. The average molecular weight is 157 g/mol. The van der Waals surface area contributed by atoms with Gasteiger partial charge in [-0.1, -0.05) is 5.57 Å². The molecule has 0 bridgehead atoms.